The maximum absolute atomic E-state index is 14.1. The van der Waals surface area contributed by atoms with Crippen LogP contribution in [0.5, 0.6) is 17.2 Å². The summed E-state index contributed by atoms with van der Waals surface area (Å²) in [5.74, 6) is -1.24. The minimum Gasteiger partial charge on any atom is -0.497 e. The van der Waals surface area contributed by atoms with E-state index in [9.17, 15) is 23.2 Å². The first kappa shape index (κ1) is 33.6. The summed E-state index contributed by atoms with van der Waals surface area (Å²) in [6, 6.07) is 16.3. The van der Waals surface area contributed by atoms with Gasteiger partial charge in [0.2, 0.25) is 5.43 Å². The zero-order chi connectivity index (χ0) is 34.4. The van der Waals surface area contributed by atoms with Crippen molar-refractivity contribution in [3.63, 3.8) is 0 Å². The van der Waals surface area contributed by atoms with Gasteiger partial charge < -0.3 is 29.0 Å². The van der Waals surface area contributed by atoms with Crippen LogP contribution in [0.25, 0.3) is 16.6 Å². The van der Waals surface area contributed by atoms with Crippen LogP contribution in [0.2, 0.25) is 0 Å². The lowest BCUT2D eigenvalue weighted by molar-refractivity contribution is -0.671. The van der Waals surface area contributed by atoms with E-state index in [1.54, 1.807) is 70.8 Å². The number of benzene rings is 3. The molecule has 5 rings (SSSR count). The highest BCUT2D eigenvalue weighted by atomic mass is 19.1. The molecule has 0 fully saturated rings. The molecule has 0 radical (unpaired) electrons. The van der Waals surface area contributed by atoms with E-state index in [0.29, 0.717) is 53.0 Å². The molecule has 2 aromatic heterocycles. The molecule has 0 aliphatic carbocycles. The Kier molecular flexibility index (Phi) is 10.3. The van der Waals surface area contributed by atoms with Crippen LogP contribution in [0.15, 0.2) is 90.1 Å². The summed E-state index contributed by atoms with van der Waals surface area (Å²) in [6.07, 6.45) is 5.48. The third-order valence-electron chi connectivity index (χ3n) is 7.62. The van der Waals surface area contributed by atoms with Crippen LogP contribution in [0.4, 0.5) is 14.5 Å². The van der Waals surface area contributed by atoms with Crippen molar-refractivity contribution >= 4 is 28.4 Å². The summed E-state index contributed by atoms with van der Waals surface area (Å²) >= 11 is 0. The lowest BCUT2D eigenvalue weighted by Gasteiger charge is -2.22. The lowest BCUT2D eigenvalue weighted by atomic mass is 10.1. The second-order valence-electron chi connectivity index (χ2n) is 10.9. The van der Waals surface area contributed by atoms with Crippen molar-refractivity contribution in [1.82, 2.24) is 9.88 Å². The number of hydrogen-bond acceptors (Lipinski definition) is 6. The van der Waals surface area contributed by atoms with E-state index in [4.69, 9.17) is 14.2 Å². The van der Waals surface area contributed by atoms with Crippen molar-refractivity contribution in [1.29, 1.82) is 0 Å². The maximum Gasteiger partial charge on any atom is 0.263 e. The normalized spacial score (nSPS) is 10.9. The molecule has 0 saturated heterocycles. The Morgan fingerprint density at radius 2 is 1.65 bits per heavy atom. The Labute approximate surface area is 275 Å². The van der Waals surface area contributed by atoms with Gasteiger partial charge in [0.05, 0.1) is 32.0 Å². The Morgan fingerprint density at radius 1 is 0.938 bits per heavy atom. The van der Waals surface area contributed by atoms with Crippen molar-refractivity contribution in [2.45, 2.75) is 13.3 Å². The number of anilines is 1. The molecule has 248 valence electrons. The lowest BCUT2D eigenvalue weighted by Crippen LogP contribution is -2.35. The van der Waals surface area contributed by atoms with Gasteiger partial charge in [-0.15, -0.1) is 0 Å². The number of carbonyl (C=O) groups excluding carboxylic acids is 2. The van der Waals surface area contributed by atoms with Crippen LogP contribution in [0, 0.1) is 11.6 Å². The van der Waals surface area contributed by atoms with E-state index in [2.05, 4.69) is 5.32 Å². The van der Waals surface area contributed by atoms with Crippen LogP contribution in [-0.4, -0.2) is 50.3 Å². The SMILES string of the molecule is CCN(C(=O)c1cn(-c2cc(OC)cc(OC)c2)c2cc(OCCCNC(=O)c3ccc[n+](C)c3)ccc2c1=O)c1cc(F)cc(F)c1. The standard InChI is InChI=1S/C36H34F2N4O6/c1-5-41(26-15-24(37)14-25(38)16-26)36(45)32-22-42(27-17-29(46-3)19-30(18-27)47-4)33-20-28(9-10-31(33)34(32)43)48-13-7-11-39-35(44)23-8-6-12-40(2)21-23/h6,8-10,12,14-22H,5,7,11,13H2,1-4H3/p+1. The summed E-state index contributed by atoms with van der Waals surface area (Å²) in [7, 11) is 4.84. The van der Waals surface area contributed by atoms with Crippen LogP contribution in [-0.2, 0) is 7.05 Å². The van der Waals surface area contributed by atoms with Gasteiger partial charge in [0.15, 0.2) is 12.4 Å². The fraction of sp³-hybridized carbons (Fsp3) is 0.222. The number of carbonyl (C=O) groups is 2. The molecule has 12 heteroatoms. The topological polar surface area (TPSA) is 103 Å². The molecule has 0 atom stereocenters. The smallest absolute Gasteiger partial charge is 0.263 e. The quantitative estimate of drug-likeness (QED) is 0.150. The molecule has 2 amide bonds. The molecule has 0 spiro atoms. The maximum atomic E-state index is 14.1. The Hall–Kier alpha value is -5.78. The molecular formula is C36H35F2N4O6+. The average Bonchev–Trinajstić information content (AvgIpc) is 3.07. The minimum atomic E-state index is -0.851. The first-order valence-corrected chi connectivity index (χ1v) is 15.2. The van der Waals surface area contributed by atoms with Crippen LogP contribution >= 0.6 is 0 Å². The second kappa shape index (κ2) is 14.8. The van der Waals surface area contributed by atoms with Crippen LogP contribution in [0.1, 0.15) is 34.1 Å². The number of nitrogens with zero attached hydrogens (tertiary/aromatic N) is 3. The van der Waals surface area contributed by atoms with Crippen molar-refractivity contribution in [3.05, 3.63) is 118 Å². The van der Waals surface area contributed by atoms with Crippen molar-refractivity contribution in [3.8, 4) is 22.9 Å². The van der Waals surface area contributed by atoms with E-state index in [-0.39, 0.29) is 35.7 Å². The van der Waals surface area contributed by atoms with Crippen LogP contribution < -0.4 is 34.4 Å². The molecule has 0 aliphatic rings. The summed E-state index contributed by atoms with van der Waals surface area (Å²) in [5, 5.41) is 3.08. The summed E-state index contributed by atoms with van der Waals surface area (Å²) in [4.78, 5) is 41.3. The van der Waals surface area contributed by atoms with Gasteiger partial charge in [0.1, 0.15) is 47.1 Å². The molecule has 0 bridgehead atoms. The van der Waals surface area contributed by atoms with Crippen molar-refractivity contribution in [2.75, 3.05) is 38.8 Å². The molecule has 0 unspecified atom stereocenters. The fourth-order valence-electron chi connectivity index (χ4n) is 5.26. The monoisotopic (exact) mass is 657 g/mol. The highest BCUT2D eigenvalue weighted by Gasteiger charge is 2.24. The number of aromatic nitrogens is 2. The van der Waals surface area contributed by atoms with E-state index < -0.39 is 23.0 Å². The van der Waals surface area contributed by atoms with Gasteiger partial charge in [-0.2, -0.15) is 0 Å². The number of aryl methyl sites for hydroxylation is 1. The second-order valence-corrected chi connectivity index (χ2v) is 10.9. The number of ether oxygens (including phenoxy) is 3. The number of hydrogen-bond donors (Lipinski definition) is 1. The van der Waals surface area contributed by atoms with Crippen molar-refractivity contribution < 1.29 is 37.1 Å². The predicted octanol–water partition coefficient (Wildman–Crippen LogP) is 4.98. The van der Waals surface area contributed by atoms with Gasteiger partial charge >= 0.3 is 0 Å². The average molecular weight is 658 g/mol. The first-order valence-electron chi connectivity index (χ1n) is 15.2. The number of pyridine rings is 2. The number of nitrogens with one attached hydrogen (secondary N) is 1. The highest BCUT2D eigenvalue weighted by molar-refractivity contribution is 6.07. The van der Waals surface area contributed by atoms with E-state index in [1.807, 2.05) is 13.2 Å². The molecule has 10 nitrogen and oxygen atoms in total. The molecule has 2 heterocycles. The van der Waals surface area contributed by atoms with Crippen molar-refractivity contribution in [2.24, 2.45) is 7.05 Å². The first-order chi connectivity index (χ1) is 23.1. The molecular weight excluding hydrogens is 622 g/mol. The van der Waals surface area contributed by atoms with E-state index >= 15 is 0 Å². The zero-order valence-corrected chi connectivity index (χ0v) is 27.0. The van der Waals surface area contributed by atoms with Gasteiger partial charge in [0, 0.05) is 66.8 Å². The van der Waals surface area contributed by atoms with Gasteiger partial charge in [-0.25, -0.2) is 13.3 Å². The number of halogens is 2. The Balaban J connectivity index is 1.48. The predicted molar refractivity (Wildman–Crippen MR) is 176 cm³/mol. The molecule has 0 aliphatic heterocycles. The summed E-state index contributed by atoms with van der Waals surface area (Å²) < 4.78 is 48.5. The number of methoxy groups -OCH3 is 2. The van der Waals surface area contributed by atoms with Gasteiger partial charge in [-0.3, -0.25) is 14.4 Å². The largest absolute Gasteiger partial charge is 0.497 e. The molecule has 3 aromatic carbocycles. The highest BCUT2D eigenvalue weighted by Crippen LogP contribution is 2.29. The minimum absolute atomic E-state index is 0.0215. The third kappa shape index (κ3) is 7.43. The third-order valence-corrected chi connectivity index (χ3v) is 7.62. The molecule has 5 aromatic rings. The number of fused-ring (bicyclic) bond motifs is 1. The van der Waals surface area contributed by atoms with Gasteiger partial charge in [0.25, 0.3) is 11.8 Å². The molecule has 0 saturated carbocycles. The number of amides is 2. The van der Waals surface area contributed by atoms with E-state index in [1.165, 1.54) is 20.4 Å². The van der Waals surface area contributed by atoms with Gasteiger partial charge in [-0.05, 0) is 43.7 Å². The zero-order valence-electron chi connectivity index (χ0n) is 27.0. The fourth-order valence-corrected chi connectivity index (χ4v) is 5.26. The summed E-state index contributed by atoms with van der Waals surface area (Å²) in [6.45, 7) is 2.35. The Bertz CT molecular complexity index is 2010. The molecule has 1 N–H and O–H groups in total. The van der Waals surface area contributed by atoms with E-state index in [0.717, 1.165) is 17.0 Å². The Morgan fingerprint density at radius 3 is 2.29 bits per heavy atom. The molecule has 48 heavy (non-hydrogen) atoms. The van der Waals surface area contributed by atoms with Crippen LogP contribution in [0.3, 0.4) is 0 Å². The summed E-state index contributed by atoms with van der Waals surface area (Å²) in [5.41, 5.74) is 0.679. The number of rotatable bonds is 12. The van der Waals surface area contributed by atoms with Gasteiger partial charge in [-0.1, -0.05) is 0 Å².